The first-order chi connectivity index (χ1) is 9.63. The van der Waals surface area contributed by atoms with E-state index in [0.29, 0.717) is 0 Å². The second-order valence-corrected chi connectivity index (χ2v) is 5.33. The van der Waals surface area contributed by atoms with Crippen LogP contribution in [0.15, 0.2) is 30.6 Å². The Hall–Kier alpha value is -1.81. The van der Waals surface area contributed by atoms with E-state index in [1.165, 1.54) is 0 Å². The Balaban J connectivity index is 2.23. The molecule has 108 valence electrons. The zero-order chi connectivity index (χ0) is 14.5. The summed E-state index contributed by atoms with van der Waals surface area (Å²) in [6.45, 7) is 5.25. The molecule has 0 aliphatic rings. The Kier molecular flexibility index (Phi) is 4.79. The highest BCUT2D eigenvalue weighted by atomic mass is 15.1. The van der Waals surface area contributed by atoms with E-state index in [0.717, 1.165) is 48.2 Å². The molecule has 2 N–H and O–H groups in total. The van der Waals surface area contributed by atoms with Crippen LogP contribution in [0.5, 0.6) is 0 Å². The summed E-state index contributed by atoms with van der Waals surface area (Å²) in [4.78, 5) is 8.70. The van der Waals surface area contributed by atoms with Gasteiger partial charge < -0.3 is 15.5 Å². The van der Waals surface area contributed by atoms with Gasteiger partial charge in [0.1, 0.15) is 0 Å². The summed E-state index contributed by atoms with van der Waals surface area (Å²) < 4.78 is 0. The summed E-state index contributed by atoms with van der Waals surface area (Å²) in [5.74, 6) is 0. The van der Waals surface area contributed by atoms with Crippen molar-refractivity contribution in [1.29, 1.82) is 0 Å². The van der Waals surface area contributed by atoms with Crippen LogP contribution in [-0.2, 0) is 0 Å². The molecule has 1 heterocycles. The second-order valence-electron chi connectivity index (χ2n) is 5.33. The minimum Gasteiger partial charge on any atom is -0.397 e. The lowest BCUT2D eigenvalue weighted by molar-refractivity contribution is 0.400. The number of nitrogen functional groups attached to an aromatic ring is 1. The largest absolute Gasteiger partial charge is 0.397 e. The third-order valence-corrected chi connectivity index (χ3v) is 3.59. The van der Waals surface area contributed by atoms with Crippen LogP contribution in [0.3, 0.4) is 0 Å². The summed E-state index contributed by atoms with van der Waals surface area (Å²) in [5.41, 5.74) is 8.33. The fraction of sp³-hybridized carbons (Fsp3) is 0.438. The van der Waals surface area contributed by atoms with E-state index >= 15 is 0 Å². The van der Waals surface area contributed by atoms with Crippen LogP contribution in [0, 0.1) is 0 Å². The van der Waals surface area contributed by atoms with Gasteiger partial charge in [-0.05, 0) is 46.1 Å². The van der Waals surface area contributed by atoms with Gasteiger partial charge in [-0.25, -0.2) is 0 Å². The van der Waals surface area contributed by atoms with E-state index in [1.807, 2.05) is 12.3 Å². The monoisotopic (exact) mass is 272 g/mol. The smallest absolute Gasteiger partial charge is 0.0632 e. The predicted molar refractivity (Wildman–Crippen MR) is 87.2 cm³/mol. The summed E-state index contributed by atoms with van der Waals surface area (Å²) in [6.07, 6.45) is 4.79. The molecule has 0 radical (unpaired) electrons. The zero-order valence-electron chi connectivity index (χ0n) is 12.6. The molecule has 0 spiro atoms. The van der Waals surface area contributed by atoms with Crippen LogP contribution in [0.2, 0.25) is 0 Å². The maximum atomic E-state index is 6.35. The molecule has 0 bridgehead atoms. The summed E-state index contributed by atoms with van der Waals surface area (Å²) in [7, 11) is 4.21. The van der Waals surface area contributed by atoms with Crippen molar-refractivity contribution < 1.29 is 0 Å². The number of hydrogen-bond acceptors (Lipinski definition) is 4. The van der Waals surface area contributed by atoms with Crippen LogP contribution in [0.4, 0.5) is 11.4 Å². The highest BCUT2D eigenvalue weighted by molar-refractivity contribution is 5.98. The van der Waals surface area contributed by atoms with Gasteiger partial charge >= 0.3 is 0 Å². The summed E-state index contributed by atoms with van der Waals surface area (Å²) >= 11 is 0. The maximum absolute atomic E-state index is 6.35. The standard InChI is InChI=1S/C16H24N4/c1-4-20(11-5-10-19(2)3)15-7-6-13-12-18-9-8-14(13)16(15)17/h6-9,12H,4-5,10-11,17H2,1-3H3. The first-order valence-corrected chi connectivity index (χ1v) is 7.15. The van der Waals surface area contributed by atoms with Crippen molar-refractivity contribution in [3.8, 4) is 0 Å². The Morgan fingerprint density at radius 3 is 2.65 bits per heavy atom. The van der Waals surface area contributed by atoms with Gasteiger partial charge in [0.05, 0.1) is 11.4 Å². The van der Waals surface area contributed by atoms with Crippen molar-refractivity contribution in [3.05, 3.63) is 30.6 Å². The molecule has 20 heavy (non-hydrogen) atoms. The summed E-state index contributed by atoms with van der Waals surface area (Å²) in [5, 5.41) is 2.18. The number of nitrogens with two attached hydrogens (primary N) is 1. The molecule has 0 unspecified atom stereocenters. The number of benzene rings is 1. The molecule has 0 fully saturated rings. The molecule has 0 aliphatic heterocycles. The quantitative estimate of drug-likeness (QED) is 0.821. The van der Waals surface area contributed by atoms with E-state index in [2.05, 4.69) is 47.9 Å². The van der Waals surface area contributed by atoms with Gasteiger partial charge in [-0.3, -0.25) is 4.98 Å². The van der Waals surface area contributed by atoms with Crippen LogP contribution in [0.25, 0.3) is 10.8 Å². The third-order valence-electron chi connectivity index (χ3n) is 3.59. The molecule has 0 amide bonds. The molecule has 0 saturated carbocycles. The average molecular weight is 272 g/mol. The Morgan fingerprint density at radius 2 is 1.95 bits per heavy atom. The van der Waals surface area contributed by atoms with Gasteiger partial charge in [-0.15, -0.1) is 0 Å². The number of aromatic nitrogens is 1. The number of hydrogen-bond donors (Lipinski definition) is 1. The maximum Gasteiger partial charge on any atom is 0.0632 e. The van der Waals surface area contributed by atoms with Crippen LogP contribution < -0.4 is 10.6 Å². The number of rotatable bonds is 6. The Bertz CT molecular complexity index is 565. The van der Waals surface area contributed by atoms with Crippen molar-refractivity contribution in [1.82, 2.24) is 9.88 Å². The topological polar surface area (TPSA) is 45.4 Å². The fourth-order valence-corrected chi connectivity index (χ4v) is 2.48. The Labute approximate surface area is 121 Å². The number of fused-ring (bicyclic) bond motifs is 1. The van der Waals surface area contributed by atoms with E-state index in [1.54, 1.807) is 6.20 Å². The minimum atomic E-state index is 0.858. The molecule has 4 heteroatoms. The molecule has 4 nitrogen and oxygen atoms in total. The van der Waals surface area contributed by atoms with Crippen LogP contribution in [0.1, 0.15) is 13.3 Å². The van der Waals surface area contributed by atoms with Crippen molar-refractivity contribution in [2.75, 3.05) is 44.4 Å². The highest BCUT2D eigenvalue weighted by Gasteiger charge is 2.10. The number of anilines is 2. The molecule has 0 aliphatic carbocycles. The van der Waals surface area contributed by atoms with Gasteiger partial charge in [0, 0.05) is 36.3 Å². The van der Waals surface area contributed by atoms with Gasteiger partial charge in [-0.2, -0.15) is 0 Å². The molecule has 2 aromatic rings. The number of pyridine rings is 1. The highest BCUT2D eigenvalue weighted by Crippen LogP contribution is 2.30. The van der Waals surface area contributed by atoms with Gasteiger partial charge in [0.15, 0.2) is 0 Å². The third kappa shape index (κ3) is 3.20. The molecule has 0 saturated heterocycles. The molecule has 1 aromatic heterocycles. The number of nitrogens with zero attached hydrogens (tertiary/aromatic N) is 3. The van der Waals surface area contributed by atoms with Crippen LogP contribution in [-0.4, -0.2) is 43.6 Å². The predicted octanol–water partition coefficient (Wildman–Crippen LogP) is 2.59. The molecule has 2 rings (SSSR count). The van der Waals surface area contributed by atoms with E-state index < -0.39 is 0 Å². The van der Waals surface area contributed by atoms with Gasteiger partial charge in [0.2, 0.25) is 0 Å². The van der Waals surface area contributed by atoms with Crippen molar-refractivity contribution in [2.45, 2.75) is 13.3 Å². The fourth-order valence-electron chi connectivity index (χ4n) is 2.48. The van der Waals surface area contributed by atoms with Crippen molar-refractivity contribution >= 4 is 22.1 Å². The Morgan fingerprint density at radius 1 is 1.15 bits per heavy atom. The zero-order valence-corrected chi connectivity index (χ0v) is 12.6. The van der Waals surface area contributed by atoms with Crippen molar-refractivity contribution in [2.24, 2.45) is 0 Å². The first-order valence-electron chi connectivity index (χ1n) is 7.15. The SMILES string of the molecule is CCN(CCCN(C)C)c1ccc2cnccc2c1N. The molecule has 0 atom stereocenters. The van der Waals surface area contributed by atoms with E-state index in [-0.39, 0.29) is 0 Å². The lowest BCUT2D eigenvalue weighted by atomic mass is 10.1. The van der Waals surface area contributed by atoms with E-state index in [9.17, 15) is 0 Å². The van der Waals surface area contributed by atoms with E-state index in [4.69, 9.17) is 5.73 Å². The lowest BCUT2D eigenvalue weighted by Crippen LogP contribution is -2.27. The van der Waals surface area contributed by atoms with Crippen LogP contribution >= 0.6 is 0 Å². The van der Waals surface area contributed by atoms with Gasteiger partial charge in [0.25, 0.3) is 0 Å². The van der Waals surface area contributed by atoms with Gasteiger partial charge in [-0.1, -0.05) is 6.07 Å². The molecular formula is C16H24N4. The normalized spacial score (nSPS) is 11.2. The summed E-state index contributed by atoms with van der Waals surface area (Å²) in [6, 6.07) is 6.20. The lowest BCUT2D eigenvalue weighted by Gasteiger charge is -2.26. The van der Waals surface area contributed by atoms with Crippen molar-refractivity contribution in [3.63, 3.8) is 0 Å². The molecule has 1 aromatic carbocycles. The second kappa shape index (κ2) is 6.57. The molecular weight excluding hydrogens is 248 g/mol. The first kappa shape index (κ1) is 14.6. The average Bonchev–Trinajstić information content (AvgIpc) is 2.45. The minimum absolute atomic E-state index is 0.858.